The summed E-state index contributed by atoms with van der Waals surface area (Å²) in [6.07, 6.45) is 4.91. The predicted octanol–water partition coefficient (Wildman–Crippen LogP) is 2.05. The third-order valence-electron chi connectivity index (χ3n) is 6.67. The van der Waals surface area contributed by atoms with Gasteiger partial charge in [-0.15, -0.1) is 0 Å². The van der Waals surface area contributed by atoms with Crippen LogP contribution in [0.15, 0.2) is 0 Å². The molecule has 2 heterocycles. The summed E-state index contributed by atoms with van der Waals surface area (Å²) in [6, 6.07) is 0.587. The van der Waals surface area contributed by atoms with Crippen molar-refractivity contribution >= 4 is 11.7 Å². The summed E-state index contributed by atoms with van der Waals surface area (Å²) >= 11 is 0. The minimum absolute atomic E-state index is 0.0814. The molecule has 1 aliphatic heterocycles. The Morgan fingerprint density at radius 2 is 1.93 bits per heavy atom. The van der Waals surface area contributed by atoms with Gasteiger partial charge in [0.05, 0.1) is 5.60 Å². The van der Waals surface area contributed by atoms with Gasteiger partial charge in [0.15, 0.2) is 0 Å². The average Bonchev–Trinajstić information content (AvgIpc) is 3.16. The van der Waals surface area contributed by atoms with E-state index in [1.54, 1.807) is 0 Å². The Hall–Kier alpha value is -1.73. The molecule has 1 atom stereocenters. The number of nitrogens with one attached hydrogen (secondary N) is 1. The maximum atomic E-state index is 12.8. The Kier molecular flexibility index (Phi) is 6.25. The lowest BCUT2D eigenvalue weighted by atomic mass is 9.80. The Morgan fingerprint density at radius 1 is 1.25 bits per heavy atom. The first-order valence-electron chi connectivity index (χ1n) is 10.5. The Labute approximate surface area is 168 Å². The fourth-order valence-electron chi connectivity index (χ4n) is 4.28. The third kappa shape index (κ3) is 4.46. The molecule has 2 N–H and O–H groups in total. The molecule has 0 bridgehead atoms. The van der Waals surface area contributed by atoms with Crippen LogP contribution in [0.3, 0.4) is 0 Å². The lowest BCUT2D eigenvalue weighted by molar-refractivity contribution is -0.00656. The molecule has 1 aromatic rings. The maximum absolute atomic E-state index is 12.8. The highest BCUT2D eigenvalue weighted by Gasteiger charge is 2.33. The van der Waals surface area contributed by atoms with Crippen LogP contribution in [0.2, 0.25) is 0 Å². The second-order valence-corrected chi connectivity index (χ2v) is 8.76. The van der Waals surface area contributed by atoms with Gasteiger partial charge < -0.3 is 20.2 Å². The molecule has 1 aromatic heterocycles. The summed E-state index contributed by atoms with van der Waals surface area (Å²) in [7, 11) is 4.21. The largest absolute Gasteiger partial charge is 0.390 e. The molecule has 0 unspecified atom stereocenters. The molecule has 1 saturated heterocycles. The van der Waals surface area contributed by atoms with E-state index in [-0.39, 0.29) is 17.8 Å². The van der Waals surface area contributed by atoms with Gasteiger partial charge >= 0.3 is 0 Å². The number of carbonyl (C=O) groups excluding carboxylic acids is 1. The van der Waals surface area contributed by atoms with E-state index in [9.17, 15) is 9.90 Å². The van der Waals surface area contributed by atoms with Gasteiger partial charge in [0.1, 0.15) is 5.82 Å². The van der Waals surface area contributed by atoms with Gasteiger partial charge in [-0.25, -0.2) is 9.97 Å². The monoisotopic (exact) mass is 389 g/mol. The van der Waals surface area contributed by atoms with Gasteiger partial charge in [-0.1, -0.05) is 6.92 Å². The third-order valence-corrected chi connectivity index (χ3v) is 6.67. The van der Waals surface area contributed by atoms with E-state index < -0.39 is 5.60 Å². The molecule has 156 valence electrons. The molecule has 28 heavy (non-hydrogen) atoms. The van der Waals surface area contributed by atoms with Crippen LogP contribution in [0.25, 0.3) is 0 Å². The van der Waals surface area contributed by atoms with Gasteiger partial charge in [-0.2, -0.15) is 0 Å². The topological polar surface area (TPSA) is 81.6 Å². The van der Waals surface area contributed by atoms with Crippen molar-refractivity contribution in [1.29, 1.82) is 0 Å². The zero-order valence-electron chi connectivity index (χ0n) is 18.0. The molecule has 2 fully saturated rings. The first-order valence-corrected chi connectivity index (χ1v) is 10.5. The van der Waals surface area contributed by atoms with Crippen molar-refractivity contribution in [3.05, 3.63) is 17.1 Å². The first-order chi connectivity index (χ1) is 13.2. The van der Waals surface area contributed by atoms with Gasteiger partial charge in [0, 0.05) is 36.4 Å². The number of aliphatic hydroxyl groups is 1. The zero-order valence-corrected chi connectivity index (χ0v) is 18.0. The molecule has 7 nitrogen and oxygen atoms in total. The Morgan fingerprint density at radius 3 is 2.50 bits per heavy atom. The van der Waals surface area contributed by atoms with Crippen LogP contribution in [0.4, 0.5) is 5.82 Å². The predicted molar refractivity (Wildman–Crippen MR) is 111 cm³/mol. The van der Waals surface area contributed by atoms with Crippen LogP contribution in [0, 0.1) is 13.8 Å². The number of hydrogen-bond acceptors (Lipinski definition) is 6. The highest BCUT2D eigenvalue weighted by Crippen LogP contribution is 2.31. The van der Waals surface area contributed by atoms with E-state index in [0.717, 1.165) is 68.7 Å². The quantitative estimate of drug-likeness (QED) is 0.802. The minimum atomic E-state index is -0.565. The molecule has 2 aliphatic rings. The smallest absolute Gasteiger partial charge is 0.289 e. The van der Waals surface area contributed by atoms with E-state index in [1.165, 1.54) is 0 Å². The highest BCUT2D eigenvalue weighted by molar-refractivity contribution is 5.91. The van der Waals surface area contributed by atoms with Crippen LogP contribution in [-0.4, -0.2) is 70.8 Å². The number of aryl methyl sites for hydroxylation is 1. The van der Waals surface area contributed by atoms with Gasteiger partial charge in [-0.3, -0.25) is 4.79 Å². The summed E-state index contributed by atoms with van der Waals surface area (Å²) in [5.74, 6) is 0.924. The number of hydrogen-bond donors (Lipinski definition) is 2. The van der Waals surface area contributed by atoms with Crippen molar-refractivity contribution in [3.8, 4) is 0 Å². The van der Waals surface area contributed by atoms with E-state index >= 15 is 0 Å². The lowest BCUT2D eigenvalue weighted by Crippen LogP contribution is -2.43. The summed E-state index contributed by atoms with van der Waals surface area (Å²) in [5.41, 5.74) is 1.33. The van der Waals surface area contributed by atoms with Crippen molar-refractivity contribution in [2.24, 2.45) is 0 Å². The second kappa shape index (κ2) is 8.33. The molecule has 1 amide bonds. The molecule has 3 rings (SSSR count). The summed E-state index contributed by atoms with van der Waals surface area (Å²) < 4.78 is 0. The van der Waals surface area contributed by atoms with Gasteiger partial charge in [0.2, 0.25) is 5.82 Å². The summed E-state index contributed by atoms with van der Waals surface area (Å²) in [6.45, 7) is 7.85. The highest BCUT2D eigenvalue weighted by atomic mass is 16.3. The molecule has 0 aromatic carbocycles. The number of likely N-dealkylation sites (N-methyl/N-ethyl adjacent to an activating group) is 1. The molecular formula is C21H35N5O2. The van der Waals surface area contributed by atoms with Crippen LogP contribution in [-0.2, 0) is 0 Å². The average molecular weight is 390 g/mol. The standard InChI is InChI=1S/C21H35N5O2/c1-6-21(28)10-7-16(8-11-21)23-20(27)18-22-15(3)14(2)19(24-18)26-12-9-17(13-26)25(4)5/h16-17,28H,6-13H2,1-5H3,(H,23,27)/t16?,17-,21?/m1/s1. The number of carbonyl (C=O) groups is 1. The van der Waals surface area contributed by atoms with Crippen molar-refractivity contribution in [1.82, 2.24) is 20.2 Å². The molecule has 7 heteroatoms. The molecule has 0 radical (unpaired) electrons. The number of amides is 1. The number of anilines is 1. The van der Waals surface area contributed by atoms with Crippen molar-refractivity contribution < 1.29 is 9.90 Å². The lowest BCUT2D eigenvalue weighted by Gasteiger charge is -2.35. The maximum Gasteiger partial charge on any atom is 0.289 e. The van der Waals surface area contributed by atoms with E-state index in [4.69, 9.17) is 0 Å². The molecule has 1 aliphatic carbocycles. The Balaban J connectivity index is 1.71. The van der Waals surface area contributed by atoms with E-state index in [2.05, 4.69) is 39.2 Å². The van der Waals surface area contributed by atoms with Crippen molar-refractivity contribution in [2.75, 3.05) is 32.1 Å². The van der Waals surface area contributed by atoms with E-state index in [1.807, 2.05) is 20.8 Å². The molecular weight excluding hydrogens is 354 g/mol. The van der Waals surface area contributed by atoms with Crippen LogP contribution < -0.4 is 10.2 Å². The van der Waals surface area contributed by atoms with Gasteiger partial charge in [0.25, 0.3) is 5.91 Å². The number of nitrogens with zero attached hydrogens (tertiary/aromatic N) is 4. The minimum Gasteiger partial charge on any atom is -0.390 e. The Bertz CT molecular complexity index is 713. The SMILES string of the molecule is CCC1(O)CCC(NC(=O)c2nc(C)c(C)c(N3CC[C@@H](N(C)C)C3)n2)CC1. The van der Waals surface area contributed by atoms with Gasteiger partial charge in [-0.05, 0) is 66.5 Å². The number of aromatic nitrogens is 2. The normalized spacial score (nSPS) is 28.0. The number of rotatable bonds is 5. The van der Waals surface area contributed by atoms with Crippen molar-refractivity contribution in [2.45, 2.75) is 77.0 Å². The van der Waals surface area contributed by atoms with E-state index in [0.29, 0.717) is 6.04 Å². The fraction of sp³-hybridized carbons (Fsp3) is 0.762. The molecule has 0 spiro atoms. The van der Waals surface area contributed by atoms with Crippen molar-refractivity contribution in [3.63, 3.8) is 0 Å². The molecule has 1 saturated carbocycles. The van der Waals surface area contributed by atoms with Crippen LogP contribution in [0.5, 0.6) is 0 Å². The second-order valence-electron chi connectivity index (χ2n) is 8.76. The summed E-state index contributed by atoms with van der Waals surface area (Å²) in [5, 5.41) is 13.5. The fourth-order valence-corrected chi connectivity index (χ4v) is 4.28. The summed E-state index contributed by atoms with van der Waals surface area (Å²) in [4.78, 5) is 26.5. The van der Waals surface area contributed by atoms with Crippen LogP contribution in [0.1, 0.15) is 67.3 Å². The first kappa shape index (κ1) is 21.0. The van der Waals surface area contributed by atoms with Crippen LogP contribution >= 0.6 is 0 Å². The zero-order chi connectivity index (χ0) is 20.5.